The number of anilines is 1. The molecule has 0 saturated heterocycles. The molecule has 0 fully saturated rings. The summed E-state index contributed by atoms with van der Waals surface area (Å²) in [7, 11) is 0. The van der Waals surface area contributed by atoms with E-state index in [9.17, 15) is 4.79 Å². The lowest BCUT2D eigenvalue weighted by Crippen LogP contribution is -2.20. The zero-order valence-electron chi connectivity index (χ0n) is 12.8. The molecule has 23 heavy (non-hydrogen) atoms. The number of halogens is 2. The first-order valence-electron chi connectivity index (χ1n) is 7.32. The van der Waals surface area contributed by atoms with Gasteiger partial charge in [0, 0.05) is 12.3 Å². The molecule has 8 heteroatoms. The van der Waals surface area contributed by atoms with Crippen molar-refractivity contribution in [1.82, 2.24) is 14.5 Å². The van der Waals surface area contributed by atoms with Crippen LogP contribution in [0.5, 0.6) is 5.75 Å². The summed E-state index contributed by atoms with van der Waals surface area (Å²) >= 11 is 11.8. The Labute approximate surface area is 144 Å². The maximum absolute atomic E-state index is 12.1. The lowest BCUT2D eigenvalue weighted by atomic mass is 10.3. The Balaban J connectivity index is 2.11. The minimum atomic E-state index is -0.220. The molecule has 2 rings (SSSR count). The van der Waals surface area contributed by atoms with Gasteiger partial charge in [0.1, 0.15) is 16.6 Å². The summed E-state index contributed by atoms with van der Waals surface area (Å²) < 4.78 is 7.00. The fraction of sp³-hybridized carbons (Fsp3) is 0.400. The van der Waals surface area contributed by atoms with Crippen molar-refractivity contribution in [2.24, 2.45) is 0 Å². The summed E-state index contributed by atoms with van der Waals surface area (Å²) in [5, 5.41) is 0.187. The van der Waals surface area contributed by atoms with Crippen molar-refractivity contribution in [3.05, 3.63) is 44.7 Å². The molecule has 2 aromatic heterocycles. The Kier molecular flexibility index (Phi) is 6.24. The lowest BCUT2D eigenvalue weighted by molar-refractivity contribution is 0.305. The molecule has 0 atom stereocenters. The zero-order chi connectivity index (χ0) is 16.8. The first kappa shape index (κ1) is 17.6. The first-order chi connectivity index (χ1) is 11.0. The fourth-order valence-corrected chi connectivity index (χ4v) is 2.34. The van der Waals surface area contributed by atoms with Crippen molar-refractivity contribution in [2.45, 2.75) is 32.7 Å². The van der Waals surface area contributed by atoms with Gasteiger partial charge in [0.25, 0.3) is 5.56 Å². The van der Waals surface area contributed by atoms with Crippen LogP contribution in [-0.4, -0.2) is 21.1 Å². The van der Waals surface area contributed by atoms with Gasteiger partial charge in [-0.15, -0.1) is 0 Å². The summed E-state index contributed by atoms with van der Waals surface area (Å²) in [4.78, 5) is 19.9. The molecule has 0 amide bonds. The molecule has 2 aromatic rings. The van der Waals surface area contributed by atoms with Crippen LogP contribution >= 0.6 is 23.2 Å². The minimum absolute atomic E-state index is 0.00849. The minimum Gasteiger partial charge on any atom is -0.493 e. The number of aromatic nitrogens is 3. The van der Waals surface area contributed by atoms with E-state index in [0.29, 0.717) is 18.1 Å². The fourth-order valence-electron chi connectivity index (χ4n) is 2.00. The van der Waals surface area contributed by atoms with Crippen LogP contribution in [0.1, 0.15) is 31.9 Å². The molecule has 0 saturated carbocycles. The molecular formula is C15H18Cl2N4O2. The average Bonchev–Trinajstić information content (AvgIpc) is 2.51. The van der Waals surface area contributed by atoms with Gasteiger partial charge in [-0.2, -0.15) is 4.98 Å². The Morgan fingerprint density at radius 2 is 2.09 bits per heavy atom. The lowest BCUT2D eigenvalue weighted by Gasteiger charge is -2.10. The number of hydrogen-bond acceptors (Lipinski definition) is 5. The Hall–Kier alpha value is -1.79. The van der Waals surface area contributed by atoms with E-state index in [2.05, 4.69) is 16.9 Å². The molecule has 0 aliphatic heterocycles. The normalized spacial score (nSPS) is 10.7. The van der Waals surface area contributed by atoms with Crippen LogP contribution in [0.3, 0.4) is 0 Å². The SMILES string of the molecule is CCCCCOc1ccn(Cc2nc(Cl)nc(N)c2Cl)c(=O)c1. The van der Waals surface area contributed by atoms with Gasteiger partial charge < -0.3 is 15.0 Å². The topological polar surface area (TPSA) is 83.0 Å². The average molecular weight is 357 g/mol. The standard InChI is InChI=1S/C15H18Cl2N4O2/c1-2-3-4-7-23-10-5-6-21(12(22)8-10)9-11-13(16)14(18)20-15(17)19-11/h5-6,8H,2-4,7,9H2,1H3,(H2,18,19,20). The van der Waals surface area contributed by atoms with Crippen molar-refractivity contribution < 1.29 is 4.74 Å². The second-order valence-electron chi connectivity index (χ2n) is 5.02. The Morgan fingerprint density at radius 3 is 2.78 bits per heavy atom. The monoisotopic (exact) mass is 356 g/mol. The second-order valence-corrected chi connectivity index (χ2v) is 5.74. The van der Waals surface area contributed by atoms with E-state index < -0.39 is 0 Å². The molecular weight excluding hydrogens is 339 g/mol. The number of hydrogen-bond donors (Lipinski definition) is 1. The van der Waals surface area contributed by atoms with Gasteiger partial charge in [-0.1, -0.05) is 31.4 Å². The highest BCUT2D eigenvalue weighted by molar-refractivity contribution is 6.34. The summed E-state index contributed by atoms with van der Waals surface area (Å²) in [5.41, 5.74) is 5.81. The number of rotatable bonds is 7. The highest BCUT2D eigenvalue weighted by Gasteiger charge is 2.11. The zero-order valence-corrected chi connectivity index (χ0v) is 14.3. The van der Waals surface area contributed by atoms with E-state index >= 15 is 0 Å². The number of nitrogens with two attached hydrogens (primary N) is 1. The number of ether oxygens (including phenoxy) is 1. The van der Waals surface area contributed by atoms with E-state index in [1.807, 2.05) is 0 Å². The number of nitrogen functional groups attached to an aromatic ring is 1. The smallest absolute Gasteiger partial charge is 0.254 e. The summed E-state index contributed by atoms with van der Waals surface area (Å²) in [6.45, 7) is 2.87. The third kappa shape index (κ3) is 4.84. The molecule has 0 unspecified atom stereocenters. The molecule has 0 aromatic carbocycles. The molecule has 2 heterocycles. The number of pyridine rings is 1. The molecule has 0 aliphatic rings. The van der Waals surface area contributed by atoms with Crippen molar-refractivity contribution >= 4 is 29.0 Å². The quantitative estimate of drug-likeness (QED) is 0.608. The predicted octanol–water partition coefficient (Wildman–Crippen LogP) is 3.14. The first-order valence-corrected chi connectivity index (χ1v) is 8.07. The van der Waals surface area contributed by atoms with Gasteiger partial charge in [0.15, 0.2) is 0 Å². The van der Waals surface area contributed by atoms with Gasteiger partial charge in [-0.05, 0) is 24.1 Å². The Bertz CT molecular complexity index is 734. The molecule has 0 aliphatic carbocycles. The maximum atomic E-state index is 12.1. The van der Waals surface area contributed by atoms with Gasteiger partial charge in [0.05, 0.1) is 18.8 Å². The molecule has 0 bridgehead atoms. The van der Waals surface area contributed by atoms with E-state index in [1.54, 1.807) is 12.3 Å². The van der Waals surface area contributed by atoms with E-state index in [1.165, 1.54) is 10.6 Å². The van der Waals surface area contributed by atoms with Crippen LogP contribution in [0.25, 0.3) is 0 Å². The highest BCUT2D eigenvalue weighted by Crippen LogP contribution is 2.22. The predicted molar refractivity (Wildman–Crippen MR) is 91.3 cm³/mol. The van der Waals surface area contributed by atoms with Crippen LogP contribution < -0.4 is 16.0 Å². The summed E-state index contributed by atoms with van der Waals surface area (Å²) in [6, 6.07) is 3.17. The molecule has 0 radical (unpaired) electrons. The molecule has 0 spiro atoms. The van der Waals surface area contributed by atoms with E-state index in [4.69, 9.17) is 33.7 Å². The third-order valence-corrected chi connectivity index (χ3v) is 3.80. The van der Waals surface area contributed by atoms with Crippen molar-refractivity contribution in [1.29, 1.82) is 0 Å². The van der Waals surface area contributed by atoms with Crippen LogP contribution in [0.15, 0.2) is 23.1 Å². The highest BCUT2D eigenvalue weighted by atomic mass is 35.5. The second kappa shape index (κ2) is 8.17. The van der Waals surface area contributed by atoms with Crippen LogP contribution in [0.4, 0.5) is 5.82 Å². The van der Waals surface area contributed by atoms with E-state index in [0.717, 1.165) is 19.3 Å². The summed E-state index contributed by atoms with van der Waals surface area (Å²) in [5.74, 6) is 0.638. The number of nitrogens with zero attached hydrogens (tertiary/aromatic N) is 3. The number of unbranched alkanes of at least 4 members (excludes halogenated alkanes) is 2. The van der Waals surface area contributed by atoms with Gasteiger partial charge in [-0.25, -0.2) is 4.98 Å². The summed E-state index contributed by atoms with van der Waals surface area (Å²) in [6.07, 6.45) is 4.82. The van der Waals surface area contributed by atoms with Crippen LogP contribution in [0, 0.1) is 0 Å². The largest absolute Gasteiger partial charge is 0.493 e. The van der Waals surface area contributed by atoms with Crippen LogP contribution in [-0.2, 0) is 6.54 Å². The maximum Gasteiger partial charge on any atom is 0.254 e. The van der Waals surface area contributed by atoms with Crippen LogP contribution in [0.2, 0.25) is 10.3 Å². The molecule has 6 nitrogen and oxygen atoms in total. The van der Waals surface area contributed by atoms with Crippen molar-refractivity contribution in [3.63, 3.8) is 0 Å². The van der Waals surface area contributed by atoms with Gasteiger partial charge >= 0.3 is 0 Å². The van der Waals surface area contributed by atoms with E-state index in [-0.39, 0.29) is 28.2 Å². The van der Waals surface area contributed by atoms with Gasteiger partial charge in [-0.3, -0.25) is 4.79 Å². The molecule has 124 valence electrons. The van der Waals surface area contributed by atoms with Gasteiger partial charge in [0.2, 0.25) is 5.28 Å². The Morgan fingerprint density at radius 1 is 1.30 bits per heavy atom. The van der Waals surface area contributed by atoms with Crippen molar-refractivity contribution in [3.8, 4) is 5.75 Å². The van der Waals surface area contributed by atoms with Crippen molar-refractivity contribution in [2.75, 3.05) is 12.3 Å². The third-order valence-electron chi connectivity index (χ3n) is 3.22. The molecule has 2 N–H and O–H groups in total.